The Morgan fingerprint density at radius 1 is 1.24 bits per heavy atom. The SMILES string of the molecule is CC(=O)Nc1cc(NCc2ccc(Br)c(F)c2)ccc1C. The van der Waals surface area contributed by atoms with Crippen molar-refractivity contribution in [3.63, 3.8) is 0 Å². The van der Waals surface area contributed by atoms with Crippen LogP contribution in [0.25, 0.3) is 0 Å². The molecule has 0 unspecified atom stereocenters. The van der Waals surface area contributed by atoms with Gasteiger partial charge in [-0.2, -0.15) is 0 Å². The third kappa shape index (κ3) is 4.29. The number of anilines is 2. The Morgan fingerprint density at radius 3 is 2.67 bits per heavy atom. The van der Waals surface area contributed by atoms with Crippen molar-refractivity contribution in [3.05, 3.63) is 57.8 Å². The number of aryl methyl sites for hydroxylation is 1. The van der Waals surface area contributed by atoms with E-state index < -0.39 is 0 Å². The van der Waals surface area contributed by atoms with Crippen LogP contribution in [-0.2, 0) is 11.3 Å². The van der Waals surface area contributed by atoms with Crippen molar-refractivity contribution < 1.29 is 9.18 Å². The maximum absolute atomic E-state index is 13.4. The Balaban J connectivity index is 2.09. The van der Waals surface area contributed by atoms with E-state index in [-0.39, 0.29) is 11.7 Å². The molecule has 0 spiro atoms. The van der Waals surface area contributed by atoms with Gasteiger partial charge in [-0.25, -0.2) is 4.39 Å². The van der Waals surface area contributed by atoms with Crippen LogP contribution in [0.2, 0.25) is 0 Å². The van der Waals surface area contributed by atoms with Crippen LogP contribution in [0.1, 0.15) is 18.1 Å². The fourth-order valence-electron chi connectivity index (χ4n) is 1.91. The molecule has 0 atom stereocenters. The van der Waals surface area contributed by atoms with Crippen LogP contribution in [0.5, 0.6) is 0 Å². The minimum Gasteiger partial charge on any atom is -0.381 e. The minimum absolute atomic E-state index is 0.106. The van der Waals surface area contributed by atoms with Gasteiger partial charge in [0, 0.05) is 24.8 Å². The fraction of sp³-hybridized carbons (Fsp3) is 0.188. The third-order valence-corrected chi connectivity index (χ3v) is 3.67. The smallest absolute Gasteiger partial charge is 0.221 e. The number of carbonyl (C=O) groups is 1. The van der Waals surface area contributed by atoms with Gasteiger partial charge in [0.2, 0.25) is 5.91 Å². The molecular weight excluding hydrogens is 335 g/mol. The first-order valence-electron chi connectivity index (χ1n) is 6.52. The predicted octanol–water partition coefficient (Wildman–Crippen LogP) is 4.47. The number of halogens is 2. The summed E-state index contributed by atoms with van der Waals surface area (Å²) in [6.07, 6.45) is 0. The molecule has 5 heteroatoms. The summed E-state index contributed by atoms with van der Waals surface area (Å²) in [6.45, 7) is 3.91. The van der Waals surface area contributed by atoms with E-state index in [0.717, 1.165) is 22.5 Å². The normalized spacial score (nSPS) is 10.3. The van der Waals surface area contributed by atoms with Gasteiger partial charge in [-0.1, -0.05) is 12.1 Å². The second kappa shape index (κ2) is 6.72. The first-order valence-corrected chi connectivity index (χ1v) is 7.31. The summed E-state index contributed by atoms with van der Waals surface area (Å²) >= 11 is 3.13. The van der Waals surface area contributed by atoms with Crippen LogP contribution in [0, 0.1) is 12.7 Å². The van der Waals surface area contributed by atoms with Crippen LogP contribution < -0.4 is 10.6 Å². The summed E-state index contributed by atoms with van der Waals surface area (Å²) in [5.41, 5.74) is 3.48. The molecule has 3 nitrogen and oxygen atoms in total. The van der Waals surface area contributed by atoms with Crippen LogP contribution in [0.15, 0.2) is 40.9 Å². The molecule has 0 bridgehead atoms. The molecular formula is C16H16BrFN2O. The molecule has 0 fully saturated rings. The zero-order valence-electron chi connectivity index (χ0n) is 11.8. The Morgan fingerprint density at radius 2 is 2.00 bits per heavy atom. The molecule has 0 aromatic heterocycles. The van der Waals surface area contributed by atoms with E-state index in [2.05, 4.69) is 26.6 Å². The molecule has 0 saturated heterocycles. The lowest BCUT2D eigenvalue weighted by atomic mass is 10.1. The largest absolute Gasteiger partial charge is 0.381 e. The first kappa shape index (κ1) is 15.5. The number of carbonyl (C=O) groups excluding carboxylic acids is 1. The highest BCUT2D eigenvalue weighted by atomic mass is 79.9. The molecule has 2 N–H and O–H groups in total. The lowest BCUT2D eigenvalue weighted by Gasteiger charge is -2.11. The van der Waals surface area contributed by atoms with Crippen LogP contribution >= 0.6 is 15.9 Å². The average Bonchev–Trinajstić information content (AvgIpc) is 2.43. The highest BCUT2D eigenvalue weighted by Crippen LogP contribution is 2.22. The van der Waals surface area contributed by atoms with Gasteiger partial charge < -0.3 is 10.6 Å². The third-order valence-electron chi connectivity index (χ3n) is 3.03. The summed E-state index contributed by atoms with van der Waals surface area (Å²) in [5, 5.41) is 6.00. The zero-order valence-corrected chi connectivity index (χ0v) is 13.4. The average molecular weight is 351 g/mol. The Hall–Kier alpha value is -1.88. The van der Waals surface area contributed by atoms with E-state index in [4.69, 9.17) is 0 Å². The van der Waals surface area contributed by atoms with E-state index >= 15 is 0 Å². The molecule has 2 aromatic carbocycles. The zero-order chi connectivity index (χ0) is 15.4. The van der Waals surface area contributed by atoms with E-state index in [0.29, 0.717) is 11.0 Å². The number of benzene rings is 2. The quantitative estimate of drug-likeness (QED) is 0.854. The number of hydrogen-bond acceptors (Lipinski definition) is 2. The standard InChI is InChI=1S/C16H16BrFN2O/c1-10-3-5-13(8-16(10)20-11(2)21)19-9-12-4-6-14(17)15(18)7-12/h3-8,19H,9H2,1-2H3,(H,20,21). The van der Waals surface area contributed by atoms with Crippen molar-refractivity contribution in [2.75, 3.05) is 10.6 Å². The van der Waals surface area contributed by atoms with Gasteiger partial charge in [-0.3, -0.25) is 4.79 Å². The van der Waals surface area contributed by atoms with Crippen molar-refractivity contribution in [1.82, 2.24) is 0 Å². The molecule has 0 saturated carbocycles. The van der Waals surface area contributed by atoms with Gasteiger partial charge >= 0.3 is 0 Å². The van der Waals surface area contributed by atoms with Crippen LogP contribution in [0.4, 0.5) is 15.8 Å². The van der Waals surface area contributed by atoms with Gasteiger partial charge in [0.05, 0.1) is 4.47 Å². The maximum Gasteiger partial charge on any atom is 0.221 e. The lowest BCUT2D eigenvalue weighted by molar-refractivity contribution is -0.114. The number of hydrogen-bond donors (Lipinski definition) is 2. The summed E-state index contributed by atoms with van der Waals surface area (Å²) in [5.74, 6) is -0.387. The number of rotatable bonds is 4. The summed E-state index contributed by atoms with van der Waals surface area (Å²) in [6, 6.07) is 10.7. The summed E-state index contributed by atoms with van der Waals surface area (Å²) in [4.78, 5) is 11.1. The van der Waals surface area contributed by atoms with Gasteiger partial charge in [-0.05, 0) is 58.2 Å². The predicted molar refractivity (Wildman–Crippen MR) is 86.9 cm³/mol. The number of amides is 1. The van der Waals surface area contributed by atoms with Gasteiger partial charge in [0.15, 0.2) is 0 Å². The van der Waals surface area contributed by atoms with Crippen molar-refractivity contribution in [3.8, 4) is 0 Å². The van der Waals surface area contributed by atoms with Crippen molar-refractivity contribution in [2.24, 2.45) is 0 Å². The van der Waals surface area contributed by atoms with Gasteiger partial charge in [0.25, 0.3) is 0 Å². The van der Waals surface area contributed by atoms with Gasteiger partial charge in [0.1, 0.15) is 5.82 Å². The number of nitrogens with one attached hydrogen (secondary N) is 2. The van der Waals surface area contributed by atoms with Crippen LogP contribution in [0.3, 0.4) is 0 Å². The summed E-state index contributed by atoms with van der Waals surface area (Å²) in [7, 11) is 0. The molecule has 0 aliphatic carbocycles. The first-order chi connectivity index (χ1) is 9.95. The molecule has 1 amide bonds. The topological polar surface area (TPSA) is 41.1 Å². The Bertz CT molecular complexity index is 673. The summed E-state index contributed by atoms with van der Waals surface area (Å²) < 4.78 is 13.9. The van der Waals surface area contributed by atoms with Gasteiger partial charge in [-0.15, -0.1) is 0 Å². The molecule has 0 radical (unpaired) electrons. The molecule has 2 aromatic rings. The Labute approximate surface area is 131 Å². The fourth-order valence-corrected chi connectivity index (χ4v) is 2.16. The second-order valence-corrected chi connectivity index (χ2v) is 5.67. The molecule has 110 valence electrons. The van der Waals surface area contributed by atoms with E-state index in [1.807, 2.05) is 31.2 Å². The molecule has 0 aliphatic heterocycles. The molecule has 0 aliphatic rings. The molecule has 2 rings (SSSR count). The molecule has 0 heterocycles. The lowest BCUT2D eigenvalue weighted by Crippen LogP contribution is -2.08. The van der Waals surface area contributed by atoms with Crippen molar-refractivity contribution in [2.45, 2.75) is 20.4 Å². The monoisotopic (exact) mass is 350 g/mol. The minimum atomic E-state index is -0.280. The Kier molecular flexibility index (Phi) is 4.96. The van der Waals surface area contributed by atoms with E-state index in [9.17, 15) is 9.18 Å². The second-order valence-electron chi connectivity index (χ2n) is 4.81. The highest BCUT2D eigenvalue weighted by molar-refractivity contribution is 9.10. The van der Waals surface area contributed by atoms with E-state index in [1.165, 1.54) is 13.0 Å². The highest BCUT2D eigenvalue weighted by Gasteiger charge is 2.04. The molecule has 21 heavy (non-hydrogen) atoms. The van der Waals surface area contributed by atoms with E-state index in [1.54, 1.807) is 6.07 Å². The van der Waals surface area contributed by atoms with Crippen molar-refractivity contribution in [1.29, 1.82) is 0 Å². The van der Waals surface area contributed by atoms with Crippen LogP contribution in [-0.4, -0.2) is 5.91 Å². The van der Waals surface area contributed by atoms with Crippen molar-refractivity contribution >= 4 is 33.2 Å². The maximum atomic E-state index is 13.4.